The van der Waals surface area contributed by atoms with E-state index in [0.717, 1.165) is 31.5 Å². The molecule has 0 spiro atoms. The monoisotopic (exact) mass is 293 g/mol. The molecule has 0 bridgehead atoms. The van der Waals surface area contributed by atoms with Crippen LogP contribution in [0.3, 0.4) is 0 Å². The normalized spacial score (nSPS) is 19.8. The second kappa shape index (κ2) is 5.30. The SMILES string of the molecule is COC(=O)c1cc(C2CC2)c(OCC2(C)CNC2)cc1F. The molecule has 1 aromatic rings. The maximum Gasteiger partial charge on any atom is 0.340 e. The Morgan fingerprint density at radius 3 is 2.67 bits per heavy atom. The second-order valence-corrected chi connectivity index (χ2v) is 6.34. The quantitative estimate of drug-likeness (QED) is 0.847. The fourth-order valence-corrected chi connectivity index (χ4v) is 2.58. The highest BCUT2D eigenvalue weighted by Crippen LogP contribution is 2.45. The molecule has 1 aliphatic carbocycles. The van der Waals surface area contributed by atoms with E-state index in [-0.39, 0.29) is 11.0 Å². The number of nitrogens with one attached hydrogen (secondary N) is 1. The molecule has 0 radical (unpaired) electrons. The van der Waals surface area contributed by atoms with Crippen LogP contribution in [0.1, 0.15) is 41.6 Å². The van der Waals surface area contributed by atoms with Gasteiger partial charge in [-0.05, 0) is 30.4 Å². The van der Waals surface area contributed by atoms with Crippen LogP contribution in [0, 0.1) is 11.2 Å². The Morgan fingerprint density at radius 2 is 2.14 bits per heavy atom. The molecule has 4 nitrogen and oxygen atoms in total. The van der Waals surface area contributed by atoms with Crippen LogP contribution >= 0.6 is 0 Å². The maximum absolute atomic E-state index is 14.1. The van der Waals surface area contributed by atoms with E-state index in [4.69, 9.17) is 4.74 Å². The topological polar surface area (TPSA) is 47.6 Å². The van der Waals surface area contributed by atoms with Crippen molar-refractivity contribution >= 4 is 5.97 Å². The van der Waals surface area contributed by atoms with Crippen LogP contribution < -0.4 is 10.1 Å². The third-order valence-corrected chi connectivity index (χ3v) is 4.20. The smallest absolute Gasteiger partial charge is 0.340 e. The van der Waals surface area contributed by atoms with Crippen molar-refractivity contribution in [1.82, 2.24) is 5.32 Å². The van der Waals surface area contributed by atoms with Crippen molar-refractivity contribution in [3.63, 3.8) is 0 Å². The van der Waals surface area contributed by atoms with E-state index in [0.29, 0.717) is 18.3 Å². The van der Waals surface area contributed by atoms with Gasteiger partial charge < -0.3 is 14.8 Å². The molecule has 1 aromatic carbocycles. The summed E-state index contributed by atoms with van der Waals surface area (Å²) in [6, 6.07) is 2.92. The molecule has 1 saturated carbocycles. The van der Waals surface area contributed by atoms with Gasteiger partial charge in [-0.1, -0.05) is 6.92 Å². The lowest BCUT2D eigenvalue weighted by molar-refractivity contribution is 0.0595. The Morgan fingerprint density at radius 1 is 1.43 bits per heavy atom. The number of halogens is 1. The molecule has 1 heterocycles. The summed E-state index contributed by atoms with van der Waals surface area (Å²) < 4.78 is 24.6. The van der Waals surface area contributed by atoms with Gasteiger partial charge in [-0.15, -0.1) is 0 Å². The number of carbonyl (C=O) groups is 1. The molecule has 0 amide bonds. The lowest BCUT2D eigenvalue weighted by atomic mass is 9.85. The first-order chi connectivity index (χ1) is 10.0. The fourth-order valence-electron chi connectivity index (χ4n) is 2.58. The third-order valence-electron chi connectivity index (χ3n) is 4.20. The van der Waals surface area contributed by atoms with Crippen molar-refractivity contribution in [3.8, 4) is 5.75 Å². The van der Waals surface area contributed by atoms with Gasteiger partial charge in [0.15, 0.2) is 0 Å². The van der Waals surface area contributed by atoms with Crippen LogP contribution in [0.2, 0.25) is 0 Å². The Labute approximate surface area is 123 Å². The van der Waals surface area contributed by atoms with E-state index in [2.05, 4.69) is 17.0 Å². The van der Waals surface area contributed by atoms with Crippen molar-refractivity contribution in [2.24, 2.45) is 5.41 Å². The van der Waals surface area contributed by atoms with E-state index in [1.54, 1.807) is 6.07 Å². The zero-order chi connectivity index (χ0) is 15.0. The first kappa shape index (κ1) is 14.3. The Balaban J connectivity index is 1.84. The van der Waals surface area contributed by atoms with Crippen molar-refractivity contribution in [2.75, 3.05) is 26.8 Å². The van der Waals surface area contributed by atoms with Gasteiger partial charge in [-0.3, -0.25) is 0 Å². The molecule has 0 unspecified atom stereocenters. The molecule has 1 N–H and O–H groups in total. The largest absolute Gasteiger partial charge is 0.493 e. The van der Waals surface area contributed by atoms with E-state index in [1.165, 1.54) is 13.2 Å². The summed E-state index contributed by atoms with van der Waals surface area (Å²) in [5, 5.41) is 3.22. The summed E-state index contributed by atoms with van der Waals surface area (Å²) in [4.78, 5) is 11.6. The standard InChI is InChI=1S/C16H20FNO3/c1-16(7-18-8-16)9-21-14-6-13(17)12(15(19)20-2)5-11(14)10-3-4-10/h5-6,10,18H,3-4,7-9H2,1-2H3. The molecule has 5 heteroatoms. The summed E-state index contributed by atoms with van der Waals surface area (Å²) in [5.74, 6) is -0.290. The van der Waals surface area contributed by atoms with E-state index in [9.17, 15) is 9.18 Å². The molecular formula is C16H20FNO3. The summed E-state index contributed by atoms with van der Waals surface area (Å²) in [5.41, 5.74) is 1.02. The highest BCUT2D eigenvalue weighted by Gasteiger charge is 2.34. The van der Waals surface area contributed by atoms with Crippen molar-refractivity contribution in [1.29, 1.82) is 0 Å². The number of rotatable bonds is 5. The van der Waals surface area contributed by atoms with Crippen LogP contribution in [-0.2, 0) is 4.74 Å². The first-order valence-corrected chi connectivity index (χ1v) is 7.28. The number of carbonyl (C=O) groups excluding carboxylic acids is 1. The van der Waals surface area contributed by atoms with Gasteiger partial charge in [-0.25, -0.2) is 9.18 Å². The minimum absolute atomic E-state index is 0.0109. The molecule has 3 rings (SSSR count). The Kier molecular flexibility index (Phi) is 3.61. The molecule has 1 aliphatic heterocycles. The van der Waals surface area contributed by atoms with Crippen LogP contribution in [0.25, 0.3) is 0 Å². The van der Waals surface area contributed by atoms with Crippen LogP contribution in [0.5, 0.6) is 5.75 Å². The summed E-state index contributed by atoms with van der Waals surface area (Å²) in [6.07, 6.45) is 2.11. The van der Waals surface area contributed by atoms with Gasteiger partial charge in [-0.2, -0.15) is 0 Å². The van der Waals surface area contributed by atoms with Crippen molar-refractivity contribution in [3.05, 3.63) is 29.1 Å². The lowest BCUT2D eigenvalue weighted by Gasteiger charge is -2.39. The molecule has 0 aromatic heterocycles. The highest BCUT2D eigenvalue weighted by atomic mass is 19.1. The number of hydrogen-bond donors (Lipinski definition) is 1. The van der Waals surface area contributed by atoms with E-state index in [1.807, 2.05) is 0 Å². The van der Waals surface area contributed by atoms with Crippen LogP contribution in [0.15, 0.2) is 12.1 Å². The van der Waals surface area contributed by atoms with E-state index < -0.39 is 11.8 Å². The average molecular weight is 293 g/mol. The van der Waals surface area contributed by atoms with Crippen LogP contribution in [0.4, 0.5) is 4.39 Å². The summed E-state index contributed by atoms with van der Waals surface area (Å²) in [7, 11) is 1.26. The van der Waals surface area contributed by atoms with Gasteiger partial charge in [0, 0.05) is 24.6 Å². The number of ether oxygens (including phenoxy) is 2. The molecule has 21 heavy (non-hydrogen) atoms. The predicted molar refractivity (Wildman–Crippen MR) is 76.2 cm³/mol. The lowest BCUT2D eigenvalue weighted by Crippen LogP contribution is -2.54. The zero-order valence-corrected chi connectivity index (χ0v) is 12.4. The van der Waals surface area contributed by atoms with Crippen molar-refractivity contribution in [2.45, 2.75) is 25.7 Å². The summed E-state index contributed by atoms with van der Waals surface area (Å²) >= 11 is 0. The van der Waals surface area contributed by atoms with E-state index >= 15 is 0 Å². The molecule has 0 atom stereocenters. The molecule has 1 saturated heterocycles. The van der Waals surface area contributed by atoms with Gasteiger partial charge in [0.05, 0.1) is 19.3 Å². The molecule has 114 valence electrons. The first-order valence-electron chi connectivity index (χ1n) is 7.28. The van der Waals surface area contributed by atoms with Gasteiger partial charge in [0.1, 0.15) is 11.6 Å². The summed E-state index contributed by atoms with van der Waals surface area (Å²) in [6.45, 7) is 4.51. The maximum atomic E-state index is 14.1. The van der Waals surface area contributed by atoms with Gasteiger partial charge in [0.2, 0.25) is 0 Å². The number of hydrogen-bond acceptors (Lipinski definition) is 4. The number of methoxy groups -OCH3 is 1. The van der Waals surface area contributed by atoms with Gasteiger partial charge in [0.25, 0.3) is 0 Å². The van der Waals surface area contributed by atoms with Crippen LogP contribution in [-0.4, -0.2) is 32.8 Å². The Hall–Kier alpha value is -1.62. The minimum Gasteiger partial charge on any atom is -0.493 e. The van der Waals surface area contributed by atoms with Gasteiger partial charge >= 0.3 is 5.97 Å². The number of esters is 1. The molecule has 2 fully saturated rings. The molecule has 2 aliphatic rings. The average Bonchev–Trinajstić information content (AvgIpc) is 3.26. The Bertz CT molecular complexity index is 565. The fraction of sp³-hybridized carbons (Fsp3) is 0.562. The third kappa shape index (κ3) is 2.88. The second-order valence-electron chi connectivity index (χ2n) is 6.34. The predicted octanol–water partition coefficient (Wildman–Crippen LogP) is 2.48. The molecular weight excluding hydrogens is 273 g/mol. The number of benzene rings is 1. The minimum atomic E-state index is -0.642. The zero-order valence-electron chi connectivity index (χ0n) is 12.4. The highest BCUT2D eigenvalue weighted by molar-refractivity contribution is 5.90. The van der Waals surface area contributed by atoms with Crippen molar-refractivity contribution < 1.29 is 18.7 Å².